The summed E-state index contributed by atoms with van der Waals surface area (Å²) in [6.45, 7) is 5.59. The van der Waals surface area contributed by atoms with Crippen molar-refractivity contribution >= 4 is 5.91 Å². The van der Waals surface area contributed by atoms with E-state index in [1.54, 1.807) is 0 Å². The van der Waals surface area contributed by atoms with Gasteiger partial charge >= 0.3 is 0 Å². The van der Waals surface area contributed by atoms with Gasteiger partial charge in [-0.1, -0.05) is 24.3 Å². The minimum atomic E-state index is -0.192. The van der Waals surface area contributed by atoms with Gasteiger partial charge in [-0.15, -0.1) is 0 Å². The lowest BCUT2D eigenvalue weighted by atomic mass is 9.89. The summed E-state index contributed by atoms with van der Waals surface area (Å²) in [6.07, 6.45) is 1.88. The van der Waals surface area contributed by atoms with Crippen LogP contribution >= 0.6 is 0 Å². The van der Waals surface area contributed by atoms with Crippen molar-refractivity contribution in [3.05, 3.63) is 35.4 Å². The normalized spacial score (nSPS) is 25.4. The van der Waals surface area contributed by atoms with Crippen molar-refractivity contribution in [1.29, 1.82) is 0 Å². The van der Waals surface area contributed by atoms with Gasteiger partial charge in [0.1, 0.15) is 0 Å². The van der Waals surface area contributed by atoms with Crippen LogP contribution in [0.2, 0.25) is 0 Å². The van der Waals surface area contributed by atoms with E-state index in [1.807, 2.05) is 12.1 Å². The van der Waals surface area contributed by atoms with E-state index in [1.165, 1.54) is 11.1 Å². The molecule has 4 N–H and O–H groups in total. The predicted octanol–water partition coefficient (Wildman–Crippen LogP) is 1.58. The molecule has 1 fully saturated rings. The molecule has 1 aliphatic rings. The van der Waals surface area contributed by atoms with Crippen LogP contribution in [0.4, 0.5) is 0 Å². The second-order valence-electron chi connectivity index (χ2n) is 5.83. The van der Waals surface area contributed by atoms with E-state index in [-0.39, 0.29) is 17.9 Å². The Kier molecular flexibility index (Phi) is 4.78. The summed E-state index contributed by atoms with van der Waals surface area (Å²) in [5, 5.41) is 0. The lowest BCUT2D eigenvalue weighted by Crippen LogP contribution is -2.49. The highest BCUT2D eigenvalue weighted by atomic mass is 16.1. The Labute approximate surface area is 121 Å². The highest BCUT2D eigenvalue weighted by molar-refractivity contribution is 5.77. The number of carbonyl (C=O) groups excluding carboxylic acids is 1. The summed E-state index contributed by atoms with van der Waals surface area (Å²) in [5.74, 6) is -0.244. The fourth-order valence-electron chi connectivity index (χ4n) is 3.20. The monoisotopic (exact) mass is 275 g/mol. The van der Waals surface area contributed by atoms with Gasteiger partial charge in [0.2, 0.25) is 5.91 Å². The van der Waals surface area contributed by atoms with Crippen molar-refractivity contribution in [3.63, 3.8) is 0 Å². The summed E-state index contributed by atoms with van der Waals surface area (Å²) in [6, 6.07) is 8.92. The van der Waals surface area contributed by atoms with E-state index in [0.717, 1.165) is 12.8 Å². The van der Waals surface area contributed by atoms with E-state index in [0.29, 0.717) is 19.1 Å². The fourth-order valence-corrected chi connectivity index (χ4v) is 3.20. The van der Waals surface area contributed by atoms with Crippen LogP contribution < -0.4 is 11.5 Å². The average Bonchev–Trinajstić information content (AvgIpc) is 2.43. The molecule has 1 amide bonds. The van der Waals surface area contributed by atoms with Gasteiger partial charge in [0.05, 0.1) is 5.92 Å². The molecular weight excluding hydrogens is 250 g/mol. The van der Waals surface area contributed by atoms with Crippen molar-refractivity contribution in [2.24, 2.45) is 17.4 Å². The fraction of sp³-hybridized carbons (Fsp3) is 0.562. The first-order valence-corrected chi connectivity index (χ1v) is 7.35. The Balaban J connectivity index is 2.25. The van der Waals surface area contributed by atoms with Crippen molar-refractivity contribution in [1.82, 2.24) is 4.90 Å². The molecule has 1 heterocycles. The third kappa shape index (κ3) is 3.02. The second kappa shape index (κ2) is 6.37. The molecule has 20 heavy (non-hydrogen) atoms. The molecule has 4 nitrogen and oxygen atoms in total. The van der Waals surface area contributed by atoms with Crippen molar-refractivity contribution in [2.45, 2.75) is 38.8 Å². The molecule has 1 aromatic carbocycles. The van der Waals surface area contributed by atoms with Crippen molar-refractivity contribution in [2.75, 3.05) is 13.1 Å². The molecule has 1 aromatic rings. The molecule has 4 heteroatoms. The number of nitrogens with zero attached hydrogens (tertiary/aromatic N) is 1. The molecule has 0 radical (unpaired) electrons. The van der Waals surface area contributed by atoms with Crippen LogP contribution in [-0.2, 0) is 4.79 Å². The molecule has 3 unspecified atom stereocenters. The van der Waals surface area contributed by atoms with Gasteiger partial charge in [0.25, 0.3) is 0 Å². The van der Waals surface area contributed by atoms with Crippen LogP contribution in [0.25, 0.3) is 0 Å². The summed E-state index contributed by atoms with van der Waals surface area (Å²) >= 11 is 0. The van der Waals surface area contributed by atoms with Gasteiger partial charge in [-0.2, -0.15) is 0 Å². The van der Waals surface area contributed by atoms with Gasteiger partial charge in [-0.25, -0.2) is 0 Å². The number of carbonyl (C=O) groups is 1. The van der Waals surface area contributed by atoms with Crippen LogP contribution in [0.3, 0.4) is 0 Å². The molecule has 0 bridgehead atoms. The van der Waals surface area contributed by atoms with Gasteiger partial charge in [-0.05, 0) is 37.8 Å². The first-order chi connectivity index (χ1) is 9.54. The summed E-state index contributed by atoms with van der Waals surface area (Å²) < 4.78 is 0. The molecular formula is C16H25N3O. The van der Waals surface area contributed by atoms with Crippen molar-refractivity contribution < 1.29 is 4.79 Å². The Bertz CT molecular complexity index is 475. The van der Waals surface area contributed by atoms with Crippen LogP contribution in [0.15, 0.2) is 24.3 Å². The quantitative estimate of drug-likeness (QED) is 0.876. The third-order valence-corrected chi connectivity index (χ3v) is 4.50. The van der Waals surface area contributed by atoms with E-state index >= 15 is 0 Å². The molecule has 0 aromatic heterocycles. The number of piperidine rings is 1. The molecule has 2 rings (SSSR count). The number of benzene rings is 1. The number of aryl methyl sites for hydroxylation is 1. The van der Waals surface area contributed by atoms with Gasteiger partial charge in [0, 0.05) is 25.2 Å². The van der Waals surface area contributed by atoms with Gasteiger partial charge in [0.15, 0.2) is 0 Å². The largest absolute Gasteiger partial charge is 0.369 e. The topological polar surface area (TPSA) is 72.3 Å². The maximum atomic E-state index is 11.5. The minimum absolute atomic E-state index is 0.0516. The molecule has 0 aliphatic carbocycles. The average molecular weight is 275 g/mol. The maximum absolute atomic E-state index is 11.5. The number of rotatable bonds is 4. The number of hydrogen-bond acceptors (Lipinski definition) is 3. The minimum Gasteiger partial charge on any atom is -0.369 e. The lowest BCUT2D eigenvalue weighted by Gasteiger charge is -2.42. The highest BCUT2D eigenvalue weighted by Gasteiger charge is 2.33. The van der Waals surface area contributed by atoms with E-state index in [9.17, 15) is 4.79 Å². The zero-order valence-electron chi connectivity index (χ0n) is 12.4. The molecule has 1 aliphatic heterocycles. The molecule has 0 spiro atoms. The smallest absolute Gasteiger partial charge is 0.221 e. The van der Waals surface area contributed by atoms with Gasteiger partial charge < -0.3 is 11.5 Å². The first kappa shape index (κ1) is 15.0. The Hall–Kier alpha value is -1.39. The maximum Gasteiger partial charge on any atom is 0.221 e. The van der Waals surface area contributed by atoms with Crippen LogP contribution in [0, 0.1) is 12.8 Å². The predicted molar refractivity (Wildman–Crippen MR) is 81.1 cm³/mol. The van der Waals surface area contributed by atoms with Crippen LogP contribution in [0.5, 0.6) is 0 Å². The highest BCUT2D eigenvalue weighted by Crippen LogP contribution is 2.31. The summed E-state index contributed by atoms with van der Waals surface area (Å²) in [4.78, 5) is 13.8. The molecule has 0 saturated carbocycles. The van der Waals surface area contributed by atoms with Crippen LogP contribution in [-0.4, -0.2) is 29.9 Å². The molecule has 1 saturated heterocycles. The number of nitrogens with two attached hydrogens (primary N) is 2. The number of likely N-dealkylation sites (tertiary alicyclic amines) is 1. The standard InChI is InChI=1S/C16H25N3O/c1-11-5-3-4-6-14(11)15(9-17)19-10-13(16(18)20)8-7-12(19)2/h3-6,12-13,15H,7-10,17H2,1-2H3,(H2,18,20). The van der Waals surface area contributed by atoms with Crippen molar-refractivity contribution in [3.8, 4) is 0 Å². The van der Waals surface area contributed by atoms with E-state index in [4.69, 9.17) is 11.5 Å². The summed E-state index contributed by atoms with van der Waals surface area (Å²) in [5.41, 5.74) is 14.0. The Morgan fingerprint density at radius 2 is 2.10 bits per heavy atom. The SMILES string of the molecule is Cc1ccccc1C(CN)N1CC(C(N)=O)CCC1C. The summed E-state index contributed by atoms with van der Waals surface area (Å²) in [7, 11) is 0. The Morgan fingerprint density at radius 3 is 2.70 bits per heavy atom. The third-order valence-electron chi connectivity index (χ3n) is 4.50. The Morgan fingerprint density at radius 1 is 1.40 bits per heavy atom. The first-order valence-electron chi connectivity index (χ1n) is 7.35. The number of amides is 1. The lowest BCUT2D eigenvalue weighted by molar-refractivity contribution is -0.124. The van der Waals surface area contributed by atoms with Crippen LogP contribution in [0.1, 0.15) is 36.9 Å². The number of primary amides is 1. The van der Waals surface area contributed by atoms with Gasteiger partial charge in [-0.3, -0.25) is 9.69 Å². The zero-order chi connectivity index (χ0) is 14.7. The number of hydrogen-bond donors (Lipinski definition) is 2. The van der Waals surface area contributed by atoms with E-state index in [2.05, 4.69) is 30.9 Å². The zero-order valence-corrected chi connectivity index (χ0v) is 12.4. The second-order valence-corrected chi connectivity index (χ2v) is 5.83. The van der Waals surface area contributed by atoms with E-state index < -0.39 is 0 Å². The molecule has 3 atom stereocenters. The molecule has 110 valence electrons.